The van der Waals surface area contributed by atoms with Crippen LogP contribution in [0, 0.1) is 0 Å². The SMILES string of the molecule is C/C=C/c1ccc(OC[C@@H](O)CN2CCN(c3ncccn3)CC2)c(OC)c1. The van der Waals surface area contributed by atoms with Crippen molar-refractivity contribution in [1.82, 2.24) is 14.9 Å². The van der Waals surface area contributed by atoms with Gasteiger partial charge in [-0.2, -0.15) is 0 Å². The number of allylic oxidation sites excluding steroid dienone is 1. The number of rotatable bonds is 8. The van der Waals surface area contributed by atoms with Crippen LogP contribution in [0.1, 0.15) is 12.5 Å². The molecule has 1 aliphatic heterocycles. The Kier molecular flexibility index (Phi) is 7.22. The van der Waals surface area contributed by atoms with Gasteiger partial charge in [-0.15, -0.1) is 0 Å². The maximum absolute atomic E-state index is 10.4. The summed E-state index contributed by atoms with van der Waals surface area (Å²) in [5.41, 5.74) is 1.05. The van der Waals surface area contributed by atoms with E-state index in [4.69, 9.17) is 9.47 Å². The number of methoxy groups -OCH3 is 1. The molecule has 0 amide bonds. The number of piperazine rings is 1. The van der Waals surface area contributed by atoms with Crippen LogP contribution in [0.4, 0.5) is 5.95 Å². The van der Waals surface area contributed by atoms with Gasteiger partial charge in [-0.25, -0.2) is 9.97 Å². The summed E-state index contributed by atoms with van der Waals surface area (Å²) in [6.45, 7) is 6.17. The van der Waals surface area contributed by atoms with Gasteiger partial charge < -0.3 is 19.5 Å². The number of aliphatic hydroxyl groups excluding tert-OH is 1. The minimum absolute atomic E-state index is 0.224. The summed E-state index contributed by atoms with van der Waals surface area (Å²) in [5, 5.41) is 10.4. The fourth-order valence-corrected chi connectivity index (χ4v) is 3.22. The van der Waals surface area contributed by atoms with Gasteiger partial charge in [0, 0.05) is 45.1 Å². The van der Waals surface area contributed by atoms with E-state index in [0.717, 1.165) is 37.7 Å². The Morgan fingerprint density at radius 3 is 2.57 bits per heavy atom. The van der Waals surface area contributed by atoms with E-state index in [9.17, 15) is 5.11 Å². The Balaban J connectivity index is 1.46. The predicted molar refractivity (Wildman–Crippen MR) is 110 cm³/mol. The Bertz CT molecular complexity index is 762. The molecule has 1 saturated heterocycles. The lowest BCUT2D eigenvalue weighted by Gasteiger charge is -2.35. The van der Waals surface area contributed by atoms with Crippen molar-refractivity contribution in [2.45, 2.75) is 13.0 Å². The summed E-state index contributed by atoms with van der Waals surface area (Å²) in [6.07, 6.45) is 6.92. The smallest absolute Gasteiger partial charge is 0.225 e. The summed E-state index contributed by atoms with van der Waals surface area (Å²) in [6, 6.07) is 7.58. The van der Waals surface area contributed by atoms with Crippen LogP contribution in [0.15, 0.2) is 42.7 Å². The minimum Gasteiger partial charge on any atom is -0.493 e. The van der Waals surface area contributed by atoms with Crippen molar-refractivity contribution in [2.75, 3.05) is 51.3 Å². The number of anilines is 1. The first-order chi connectivity index (χ1) is 13.7. The van der Waals surface area contributed by atoms with Crippen molar-refractivity contribution in [3.05, 3.63) is 48.3 Å². The van der Waals surface area contributed by atoms with Crippen molar-refractivity contribution < 1.29 is 14.6 Å². The molecule has 1 atom stereocenters. The second-order valence-electron chi connectivity index (χ2n) is 6.71. The molecular weight excluding hydrogens is 356 g/mol. The van der Waals surface area contributed by atoms with Crippen molar-refractivity contribution >= 4 is 12.0 Å². The molecule has 0 unspecified atom stereocenters. The number of aliphatic hydroxyl groups is 1. The minimum atomic E-state index is -0.570. The Labute approximate surface area is 166 Å². The zero-order valence-corrected chi connectivity index (χ0v) is 16.5. The van der Waals surface area contributed by atoms with E-state index < -0.39 is 6.10 Å². The number of hydrogen-bond donors (Lipinski definition) is 1. The molecule has 1 N–H and O–H groups in total. The third-order valence-electron chi connectivity index (χ3n) is 4.65. The van der Waals surface area contributed by atoms with Gasteiger partial charge in [0.15, 0.2) is 11.5 Å². The lowest BCUT2D eigenvalue weighted by atomic mass is 10.2. The molecule has 0 aliphatic carbocycles. The molecule has 7 heteroatoms. The topological polar surface area (TPSA) is 71.0 Å². The second-order valence-corrected chi connectivity index (χ2v) is 6.71. The standard InChI is InChI=1S/C21H28N4O3/c1-3-5-17-6-7-19(20(14-17)27-2)28-16-18(26)15-24-10-12-25(13-11-24)21-22-8-4-9-23-21/h3-9,14,18,26H,10-13,15-16H2,1-2H3/b5-3+/t18-/m0/s1. The number of aromatic nitrogens is 2. The van der Waals surface area contributed by atoms with Gasteiger partial charge in [-0.3, -0.25) is 4.90 Å². The average molecular weight is 384 g/mol. The van der Waals surface area contributed by atoms with Crippen LogP contribution in [-0.2, 0) is 0 Å². The number of benzene rings is 1. The lowest BCUT2D eigenvalue weighted by molar-refractivity contribution is 0.0652. The van der Waals surface area contributed by atoms with Crippen LogP contribution in [0.25, 0.3) is 6.08 Å². The predicted octanol–water partition coefficient (Wildman–Crippen LogP) is 2.08. The van der Waals surface area contributed by atoms with Crippen LogP contribution in [0.3, 0.4) is 0 Å². The molecule has 1 aromatic heterocycles. The molecule has 0 spiro atoms. The summed E-state index contributed by atoms with van der Waals surface area (Å²) in [7, 11) is 1.62. The Morgan fingerprint density at radius 1 is 1.14 bits per heavy atom. The largest absolute Gasteiger partial charge is 0.493 e. The van der Waals surface area contributed by atoms with Crippen LogP contribution in [-0.4, -0.2) is 72.5 Å². The first-order valence-corrected chi connectivity index (χ1v) is 9.55. The molecule has 2 heterocycles. The third-order valence-corrected chi connectivity index (χ3v) is 4.65. The number of β-amino-alcohol motifs (C(OH)–C–C–N with tert-alkyl or cyclic N) is 1. The van der Waals surface area contributed by atoms with Gasteiger partial charge in [-0.1, -0.05) is 18.2 Å². The quantitative estimate of drug-likeness (QED) is 0.747. The normalized spacial score (nSPS) is 16.3. The molecule has 0 radical (unpaired) electrons. The molecule has 0 bridgehead atoms. The summed E-state index contributed by atoms with van der Waals surface area (Å²) in [4.78, 5) is 13.0. The van der Waals surface area contributed by atoms with Gasteiger partial charge in [0.2, 0.25) is 5.95 Å². The average Bonchev–Trinajstić information content (AvgIpc) is 2.74. The van der Waals surface area contributed by atoms with E-state index in [0.29, 0.717) is 18.0 Å². The van der Waals surface area contributed by atoms with E-state index >= 15 is 0 Å². The van der Waals surface area contributed by atoms with E-state index in [-0.39, 0.29) is 6.61 Å². The molecular formula is C21H28N4O3. The van der Waals surface area contributed by atoms with Crippen LogP contribution >= 0.6 is 0 Å². The van der Waals surface area contributed by atoms with Crippen molar-refractivity contribution in [1.29, 1.82) is 0 Å². The van der Waals surface area contributed by atoms with Crippen molar-refractivity contribution in [2.24, 2.45) is 0 Å². The van der Waals surface area contributed by atoms with E-state index in [1.54, 1.807) is 19.5 Å². The molecule has 2 aromatic rings. The van der Waals surface area contributed by atoms with Gasteiger partial charge in [-0.05, 0) is 30.7 Å². The van der Waals surface area contributed by atoms with E-state index in [2.05, 4.69) is 19.8 Å². The summed E-state index contributed by atoms with van der Waals surface area (Å²) in [5.74, 6) is 2.07. The summed E-state index contributed by atoms with van der Waals surface area (Å²) >= 11 is 0. The number of ether oxygens (including phenoxy) is 2. The molecule has 28 heavy (non-hydrogen) atoms. The van der Waals surface area contributed by atoms with E-state index in [1.807, 2.05) is 43.3 Å². The number of hydrogen-bond acceptors (Lipinski definition) is 7. The lowest BCUT2D eigenvalue weighted by Crippen LogP contribution is -2.49. The highest BCUT2D eigenvalue weighted by molar-refractivity contribution is 5.55. The van der Waals surface area contributed by atoms with Crippen molar-refractivity contribution in [3.63, 3.8) is 0 Å². The molecule has 1 aromatic carbocycles. The van der Waals surface area contributed by atoms with Crippen molar-refractivity contribution in [3.8, 4) is 11.5 Å². The summed E-state index contributed by atoms with van der Waals surface area (Å²) < 4.78 is 11.2. The van der Waals surface area contributed by atoms with Gasteiger partial charge in [0.25, 0.3) is 0 Å². The monoisotopic (exact) mass is 384 g/mol. The fourth-order valence-electron chi connectivity index (χ4n) is 3.22. The molecule has 0 saturated carbocycles. The maximum atomic E-state index is 10.4. The first kappa shape index (κ1) is 20.1. The van der Waals surface area contributed by atoms with Crippen LogP contribution in [0.5, 0.6) is 11.5 Å². The van der Waals surface area contributed by atoms with Gasteiger partial charge in [0.1, 0.15) is 12.7 Å². The molecule has 150 valence electrons. The molecule has 3 rings (SSSR count). The highest BCUT2D eigenvalue weighted by atomic mass is 16.5. The Morgan fingerprint density at radius 2 is 1.89 bits per heavy atom. The zero-order valence-electron chi connectivity index (χ0n) is 16.5. The highest BCUT2D eigenvalue weighted by Crippen LogP contribution is 2.28. The third kappa shape index (κ3) is 5.43. The highest BCUT2D eigenvalue weighted by Gasteiger charge is 2.21. The van der Waals surface area contributed by atoms with E-state index in [1.165, 1.54) is 0 Å². The van der Waals surface area contributed by atoms with Gasteiger partial charge in [0.05, 0.1) is 7.11 Å². The van der Waals surface area contributed by atoms with Crippen LogP contribution < -0.4 is 14.4 Å². The Hall–Kier alpha value is -2.64. The maximum Gasteiger partial charge on any atom is 0.225 e. The number of nitrogens with zero attached hydrogens (tertiary/aromatic N) is 4. The fraction of sp³-hybridized carbons (Fsp3) is 0.429. The van der Waals surface area contributed by atoms with Gasteiger partial charge >= 0.3 is 0 Å². The zero-order chi connectivity index (χ0) is 19.8. The molecule has 7 nitrogen and oxygen atoms in total. The molecule has 1 fully saturated rings. The molecule has 1 aliphatic rings. The first-order valence-electron chi connectivity index (χ1n) is 9.55. The second kappa shape index (κ2) is 10.1. The van der Waals surface area contributed by atoms with Crippen LogP contribution in [0.2, 0.25) is 0 Å².